The first-order chi connectivity index (χ1) is 17.5. The summed E-state index contributed by atoms with van der Waals surface area (Å²) in [4.78, 5) is 29.7. The molecule has 1 aliphatic rings. The number of carbonyl (C=O) groups is 1. The number of hydrogen-bond acceptors (Lipinski definition) is 6. The van der Waals surface area contributed by atoms with E-state index in [1.165, 1.54) is 6.33 Å². The lowest BCUT2D eigenvalue weighted by molar-refractivity contribution is -0.127. The molecule has 4 aromatic rings. The first kappa shape index (κ1) is 24.2. The molecule has 0 spiro atoms. The molecule has 1 amide bonds. The molecular formula is C27H30ClN7O. The third-order valence-electron chi connectivity index (χ3n) is 7.10. The highest BCUT2D eigenvalue weighted by Gasteiger charge is 2.29. The second kappa shape index (κ2) is 10.6. The summed E-state index contributed by atoms with van der Waals surface area (Å²) >= 11 is 6.63. The van der Waals surface area contributed by atoms with Gasteiger partial charge in [-0.15, -0.1) is 0 Å². The zero-order chi connectivity index (χ0) is 25.1. The molecule has 0 bridgehead atoms. The van der Waals surface area contributed by atoms with Crippen LogP contribution in [0.5, 0.6) is 0 Å². The number of nitrogens with two attached hydrogens (primary N) is 2. The van der Waals surface area contributed by atoms with E-state index in [1.807, 2.05) is 48.5 Å². The van der Waals surface area contributed by atoms with Crippen molar-refractivity contribution in [2.45, 2.75) is 38.1 Å². The van der Waals surface area contributed by atoms with Gasteiger partial charge in [0.25, 0.3) is 0 Å². The van der Waals surface area contributed by atoms with Gasteiger partial charge in [0, 0.05) is 16.9 Å². The van der Waals surface area contributed by atoms with Crippen LogP contribution >= 0.6 is 11.6 Å². The quantitative estimate of drug-likeness (QED) is 0.295. The van der Waals surface area contributed by atoms with E-state index in [-0.39, 0.29) is 17.9 Å². The highest BCUT2D eigenvalue weighted by molar-refractivity contribution is 6.32. The number of aromatic nitrogens is 4. The molecule has 1 fully saturated rings. The van der Waals surface area contributed by atoms with Crippen molar-refractivity contribution in [2.24, 2.45) is 17.6 Å². The van der Waals surface area contributed by atoms with E-state index in [1.54, 1.807) is 0 Å². The highest BCUT2D eigenvalue weighted by atomic mass is 35.5. The Morgan fingerprint density at radius 3 is 2.64 bits per heavy atom. The average molecular weight is 504 g/mol. The second-order valence-corrected chi connectivity index (χ2v) is 9.86. The SMILES string of the molecule is NCC1CCC(C(=O)N[C@@H](Cc2ccccc2)c2nc(-c3ccc4c(N)ncnc4c3)c(Cl)[nH]2)CC1. The van der Waals surface area contributed by atoms with Crippen LogP contribution in [0.4, 0.5) is 5.82 Å². The molecule has 0 saturated heterocycles. The number of H-pyrrole nitrogens is 1. The number of nitrogen functional groups attached to an aromatic ring is 1. The smallest absolute Gasteiger partial charge is 0.223 e. The van der Waals surface area contributed by atoms with Gasteiger partial charge in [-0.2, -0.15) is 0 Å². The van der Waals surface area contributed by atoms with Crippen LogP contribution in [0.25, 0.3) is 22.2 Å². The normalized spacial score (nSPS) is 18.7. The number of nitrogens with zero attached hydrogens (tertiary/aromatic N) is 3. The summed E-state index contributed by atoms with van der Waals surface area (Å²) in [6, 6.07) is 15.4. The van der Waals surface area contributed by atoms with Crippen molar-refractivity contribution < 1.29 is 4.79 Å². The Morgan fingerprint density at radius 2 is 1.89 bits per heavy atom. The molecule has 8 nitrogen and oxygen atoms in total. The number of amides is 1. The number of imidazole rings is 1. The number of halogens is 1. The molecule has 0 unspecified atom stereocenters. The minimum absolute atomic E-state index is 0.0124. The lowest BCUT2D eigenvalue weighted by Crippen LogP contribution is -2.37. The number of nitrogens with one attached hydrogen (secondary N) is 2. The van der Waals surface area contributed by atoms with Crippen LogP contribution in [0.15, 0.2) is 54.9 Å². The van der Waals surface area contributed by atoms with Gasteiger partial charge in [0.1, 0.15) is 28.8 Å². The van der Waals surface area contributed by atoms with Gasteiger partial charge in [0.2, 0.25) is 5.91 Å². The molecule has 1 aliphatic carbocycles. The number of anilines is 1. The van der Waals surface area contributed by atoms with Gasteiger partial charge in [-0.05, 0) is 62.3 Å². The first-order valence-electron chi connectivity index (χ1n) is 12.3. The van der Waals surface area contributed by atoms with E-state index in [9.17, 15) is 4.79 Å². The number of hydrogen-bond donors (Lipinski definition) is 4. The minimum Gasteiger partial charge on any atom is -0.383 e. The van der Waals surface area contributed by atoms with Gasteiger partial charge in [0.05, 0.1) is 11.6 Å². The van der Waals surface area contributed by atoms with E-state index in [4.69, 9.17) is 28.1 Å². The molecule has 0 radical (unpaired) electrons. The number of rotatable bonds is 7. The molecule has 2 aromatic heterocycles. The van der Waals surface area contributed by atoms with E-state index in [2.05, 4.69) is 20.3 Å². The Bertz CT molecular complexity index is 1350. The molecule has 0 aliphatic heterocycles. The van der Waals surface area contributed by atoms with Crippen LogP contribution in [0.2, 0.25) is 5.15 Å². The third kappa shape index (κ3) is 5.20. The molecule has 1 saturated carbocycles. The standard InChI is InChI=1S/C27H30ClN7O/c28-24-23(19-10-11-20-21(13-19)31-15-32-25(20)30)34-26(35-24)22(12-16-4-2-1-3-5-16)33-27(36)18-8-6-17(14-29)7-9-18/h1-5,10-11,13,15,17-18,22H,6-9,12,14,29H2,(H,33,36)(H,34,35)(H2,30,31,32)/t17?,18?,22-/m0/s1. The molecular weight excluding hydrogens is 474 g/mol. The van der Waals surface area contributed by atoms with E-state index in [0.717, 1.165) is 42.2 Å². The van der Waals surface area contributed by atoms with Crippen LogP contribution in [0, 0.1) is 11.8 Å². The number of benzene rings is 2. The summed E-state index contributed by atoms with van der Waals surface area (Å²) in [5, 5.41) is 4.43. The molecule has 6 N–H and O–H groups in total. The van der Waals surface area contributed by atoms with E-state index in [0.29, 0.717) is 46.9 Å². The summed E-state index contributed by atoms with van der Waals surface area (Å²) in [5.41, 5.74) is 15.0. The molecule has 2 aromatic carbocycles. The predicted molar refractivity (Wildman–Crippen MR) is 142 cm³/mol. The van der Waals surface area contributed by atoms with Crippen molar-refractivity contribution in [3.8, 4) is 11.3 Å². The first-order valence-corrected chi connectivity index (χ1v) is 12.7. The minimum atomic E-state index is -0.350. The zero-order valence-corrected chi connectivity index (χ0v) is 20.7. The average Bonchev–Trinajstić information content (AvgIpc) is 3.30. The molecule has 9 heteroatoms. The summed E-state index contributed by atoms with van der Waals surface area (Å²) in [5.74, 6) is 1.60. The maximum absolute atomic E-state index is 13.3. The fourth-order valence-electron chi connectivity index (χ4n) is 4.97. The molecule has 1 atom stereocenters. The monoisotopic (exact) mass is 503 g/mol. The third-order valence-corrected chi connectivity index (χ3v) is 7.37. The Balaban J connectivity index is 1.42. The predicted octanol–water partition coefficient (Wildman–Crippen LogP) is 4.42. The summed E-state index contributed by atoms with van der Waals surface area (Å²) < 4.78 is 0. The van der Waals surface area contributed by atoms with Crippen molar-refractivity contribution in [3.63, 3.8) is 0 Å². The molecule has 2 heterocycles. The van der Waals surface area contributed by atoms with E-state index >= 15 is 0 Å². The maximum atomic E-state index is 13.3. The maximum Gasteiger partial charge on any atom is 0.223 e. The number of carbonyl (C=O) groups excluding carboxylic acids is 1. The van der Waals surface area contributed by atoms with E-state index < -0.39 is 0 Å². The Hall–Kier alpha value is -3.49. The van der Waals surface area contributed by atoms with Crippen LogP contribution < -0.4 is 16.8 Å². The Morgan fingerprint density at radius 1 is 1.11 bits per heavy atom. The largest absolute Gasteiger partial charge is 0.383 e. The number of fused-ring (bicyclic) bond motifs is 1. The van der Waals surface area contributed by atoms with Crippen LogP contribution in [0.1, 0.15) is 43.1 Å². The van der Waals surface area contributed by atoms with Crippen LogP contribution in [-0.2, 0) is 11.2 Å². The van der Waals surface area contributed by atoms with Crippen LogP contribution in [-0.4, -0.2) is 32.4 Å². The Kier molecular flexibility index (Phi) is 7.16. The van der Waals surface area contributed by atoms with Crippen LogP contribution in [0.3, 0.4) is 0 Å². The van der Waals surface area contributed by atoms with Crippen molar-refractivity contribution in [1.29, 1.82) is 0 Å². The molecule has 186 valence electrons. The van der Waals surface area contributed by atoms with Gasteiger partial charge in [-0.25, -0.2) is 15.0 Å². The summed E-state index contributed by atoms with van der Waals surface area (Å²) in [6.45, 7) is 0.687. The van der Waals surface area contributed by atoms with Crippen molar-refractivity contribution in [3.05, 3.63) is 71.4 Å². The molecule has 5 rings (SSSR count). The van der Waals surface area contributed by atoms with Gasteiger partial charge in [0.15, 0.2) is 0 Å². The van der Waals surface area contributed by atoms with Gasteiger partial charge >= 0.3 is 0 Å². The fraction of sp³-hybridized carbons (Fsp3) is 0.333. The lowest BCUT2D eigenvalue weighted by atomic mass is 9.81. The second-order valence-electron chi connectivity index (χ2n) is 9.48. The van der Waals surface area contributed by atoms with Crippen molar-refractivity contribution >= 4 is 34.2 Å². The van der Waals surface area contributed by atoms with Crippen molar-refractivity contribution in [1.82, 2.24) is 25.3 Å². The lowest BCUT2D eigenvalue weighted by Gasteiger charge is -2.28. The highest BCUT2D eigenvalue weighted by Crippen LogP contribution is 2.32. The molecule has 36 heavy (non-hydrogen) atoms. The van der Waals surface area contributed by atoms with Gasteiger partial charge < -0.3 is 21.8 Å². The van der Waals surface area contributed by atoms with Gasteiger partial charge in [-0.3, -0.25) is 4.79 Å². The topological polar surface area (TPSA) is 136 Å². The summed E-state index contributed by atoms with van der Waals surface area (Å²) in [7, 11) is 0. The fourth-order valence-corrected chi connectivity index (χ4v) is 5.21. The Labute approximate surface area is 214 Å². The number of aromatic amines is 1. The van der Waals surface area contributed by atoms with Crippen molar-refractivity contribution in [2.75, 3.05) is 12.3 Å². The summed E-state index contributed by atoms with van der Waals surface area (Å²) in [6.07, 6.45) is 5.73. The van der Waals surface area contributed by atoms with Gasteiger partial charge in [-0.1, -0.05) is 48.0 Å². The zero-order valence-electron chi connectivity index (χ0n) is 20.0.